The van der Waals surface area contributed by atoms with Crippen molar-refractivity contribution in [2.75, 3.05) is 18.4 Å². The summed E-state index contributed by atoms with van der Waals surface area (Å²) >= 11 is 3.28. The lowest BCUT2D eigenvalue weighted by atomic mass is 10.3. The average molecular weight is 386 g/mol. The van der Waals surface area contributed by atoms with Crippen LogP contribution in [0.2, 0.25) is 0 Å². The molecule has 0 saturated heterocycles. The summed E-state index contributed by atoms with van der Waals surface area (Å²) in [5, 5.41) is 0. The van der Waals surface area contributed by atoms with Crippen LogP contribution in [-0.4, -0.2) is 22.1 Å². The molecular weight excluding hydrogens is 370 g/mol. The third-order valence-electron chi connectivity index (χ3n) is 2.86. The Labute approximate surface area is 138 Å². The summed E-state index contributed by atoms with van der Waals surface area (Å²) < 4.78 is 38.6. The van der Waals surface area contributed by atoms with E-state index in [0.29, 0.717) is 28.3 Å². The lowest BCUT2D eigenvalue weighted by molar-refractivity contribution is 0.342. The fourth-order valence-corrected chi connectivity index (χ4v) is 3.64. The van der Waals surface area contributed by atoms with Crippen LogP contribution in [0.5, 0.6) is 11.5 Å². The molecule has 0 aromatic heterocycles. The van der Waals surface area contributed by atoms with Gasteiger partial charge in [0.05, 0.1) is 28.8 Å². The van der Waals surface area contributed by atoms with E-state index in [9.17, 15) is 8.42 Å². The molecule has 1 N–H and O–H groups in total. The molecule has 0 unspecified atom stereocenters. The van der Waals surface area contributed by atoms with Crippen LogP contribution in [0.4, 0.5) is 5.69 Å². The van der Waals surface area contributed by atoms with Crippen molar-refractivity contribution in [1.82, 2.24) is 0 Å². The van der Waals surface area contributed by atoms with Crippen LogP contribution in [-0.2, 0) is 10.0 Å². The Balaban J connectivity index is 2.34. The first kappa shape index (κ1) is 16.6. The zero-order valence-corrected chi connectivity index (χ0v) is 14.6. The number of ether oxygens (including phenoxy) is 2. The van der Waals surface area contributed by atoms with Crippen molar-refractivity contribution in [2.45, 2.75) is 11.8 Å². The number of benzene rings is 2. The van der Waals surface area contributed by atoms with Crippen LogP contribution in [0.25, 0.3) is 0 Å². The lowest BCUT2D eigenvalue weighted by Crippen LogP contribution is -2.14. The summed E-state index contributed by atoms with van der Waals surface area (Å²) in [6, 6.07) is 11.5. The largest absolute Gasteiger partial charge is 0.496 e. The quantitative estimate of drug-likeness (QED) is 0.823. The topological polar surface area (TPSA) is 64.6 Å². The minimum Gasteiger partial charge on any atom is -0.496 e. The van der Waals surface area contributed by atoms with Gasteiger partial charge in [-0.05, 0) is 53.2 Å². The molecule has 0 aliphatic heterocycles. The predicted molar refractivity (Wildman–Crippen MR) is 89.1 cm³/mol. The molecule has 118 valence electrons. The monoisotopic (exact) mass is 385 g/mol. The van der Waals surface area contributed by atoms with E-state index in [-0.39, 0.29) is 4.90 Å². The standard InChI is InChI=1S/C15H16BrNO4S/c1-3-21-15-7-5-4-6-13(15)17-22(18,19)11-8-9-14(20-2)12(16)10-11/h4-10,17H,3H2,1-2H3. The van der Waals surface area contributed by atoms with Gasteiger partial charge in [-0.3, -0.25) is 4.72 Å². The zero-order valence-electron chi connectivity index (χ0n) is 12.2. The van der Waals surface area contributed by atoms with Crippen molar-refractivity contribution in [3.63, 3.8) is 0 Å². The Morgan fingerprint density at radius 2 is 1.86 bits per heavy atom. The number of anilines is 1. The van der Waals surface area contributed by atoms with E-state index in [0.717, 1.165) is 0 Å². The van der Waals surface area contributed by atoms with E-state index in [2.05, 4.69) is 20.7 Å². The van der Waals surface area contributed by atoms with E-state index in [1.54, 1.807) is 30.3 Å². The molecule has 2 rings (SSSR count). The molecule has 0 aliphatic carbocycles. The Kier molecular flexibility index (Phi) is 5.31. The summed E-state index contributed by atoms with van der Waals surface area (Å²) in [7, 11) is -2.20. The van der Waals surface area contributed by atoms with Gasteiger partial charge in [-0.1, -0.05) is 12.1 Å². The third-order valence-corrected chi connectivity index (χ3v) is 4.85. The first-order valence-corrected chi connectivity index (χ1v) is 8.83. The van der Waals surface area contributed by atoms with Crippen LogP contribution >= 0.6 is 15.9 Å². The van der Waals surface area contributed by atoms with Crippen molar-refractivity contribution in [2.24, 2.45) is 0 Å². The van der Waals surface area contributed by atoms with Crippen LogP contribution in [0.1, 0.15) is 6.92 Å². The van der Waals surface area contributed by atoms with E-state index in [1.807, 2.05) is 6.92 Å². The molecule has 2 aromatic rings. The minimum absolute atomic E-state index is 0.131. The molecule has 2 aromatic carbocycles. The number of para-hydroxylation sites is 2. The summed E-state index contributed by atoms with van der Waals surface area (Å²) in [5.74, 6) is 1.05. The van der Waals surface area contributed by atoms with Gasteiger partial charge >= 0.3 is 0 Å². The van der Waals surface area contributed by atoms with Crippen LogP contribution < -0.4 is 14.2 Å². The van der Waals surface area contributed by atoms with E-state index >= 15 is 0 Å². The normalized spacial score (nSPS) is 11.0. The number of methoxy groups -OCH3 is 1. The number of rotatable bonds is 6. The summed E-state index contributed by atoms with van der Waals surface area (Å²) in [6.45, 7) is 2.29. The number of sulfonamides is 1. The van der Waals surface area contributed by atoms with Gasteiger partial charge in [0.15, 0.2) is 0 Å². The van der Waals surface area contributed by atoms with Gasteiger partial charge in [0.1, 0.15) is 11.5 Å². The molecule has 0 bridgehead atoms. The fraction of sp³-hybridized carbons (Fsp3) is 0.200. The van der Waals surface area contributed by atoms with E-state index in [1.165, 1.54) is 19.2 Å². The summed E-state index contributed by atoms with van der Waals surface area (Å²) in [4.78, 5) is 0.131. The highest BCUT2D eigenvalue weighted by atomic mass is 79.9. The van der Waals surface area contributed by atoms with Gasteiger partial charge in [0, 0.05) is 0 Å². The van der Waals surface area contributed by atoms with Crippen molar-refractivity contribution in [3.8, 4) is 11.5 Å². The number of hydrogen-bond acceptors (Lipinski definition) is 4. The Bertz CT molecular complexity index is 762. The van der Waals surface area contributed by atoms with Crippen molar-refractivity contribution >= 4 is 31.6 Å². The molecule has 0 amide bonds. The molecule has 0 aliphatic rings. The van der Waals surface area contributed by atoms with Crippen molar-refractivity contribution < 1.29 is 17.9 Å². The van der Waals surface area contributed by atoms with Gasteiger partial charge in [0.2, 0.25) is 0 Å². The van der Waals surface area contributed by atoms with Gasteiger partial charge in [-0.25, -0.2) is 8.42 Å². The highest BCUT2D eigenvalue weighted by molar-refractivity contribution is 9.10. The predicted octanol–water partition coefficient (Wildman–Crippen LogP) is 3.66. The van der Waals surface area contributed by atoms with Crippen molar-refractivity contribution in [3.05, 3.63) is 46.9 Å². The maximum Gasteiger partial charge on any atom is 0.262 e. The van der Waals surface area contributed by atoms with Gasteiger partial charge in [0.25, 0.3) is 10.0 Å². The highest BCUT2D eigenvalue weighted by Gasteiger charge is 2.18. The van der Waals surface area contributed by atoms with Crippen molar-refractivity contribution in [1.29, 1.82) is 0 Å². The smallest absolute Gasteiger partial charge is 0.262 e. The molecule has 7 heteroatoms. The Morgan fingerprint density at radius 3 is 2.50 bits per heavy atom. The summed E-state index contributed by atoms with van der Waals surface area (Å²) in [5.41, 5.74) is 0.399. The van der Waals surface area contributed by atoms with Gasteiger partial charge < -0.3 is 9.47 Å². The third kappa shape index (κ3) is 3.72. The SMILES string of the molecule is CCOc1ccccc1NS(=O)(=O)c1ccc(OC)c(Br)c1. The second kappa shape index (κ2) is 7.02. The first-order chi connectivity index (χ1) is 10.5. The first-order valence-electron chi connectivity index (χ1n) is 6.56. The lowest BCUT2D eigenvalue weighted by Gasteiger charge is -2.13. The minimum atomic E-state index is -3.72. The summed E-state index contributed by atoms with van der Waals surface area (Å²) in [6.07, 6.45) is 0. The second-order valence-electron chi connectivity index (χ2n) is 4.33. The maximum atomic E-state index is 12.5. The second-order valence-corrected chi connectivity index (χ2v) is 6.87. The van der Waals surface area contributed by atoms with Gasteiger partial charge in [-0.2, -0.15) is 0 Å². The Hall–Kier alpha value is -1.73. The van der Waals surface area contributed by atoms with E-state index < -0.39 is 10.0 Å². The fourth-order valence-electron chi connectivity index (χ4n) is 1.85. The number of hydrogen-bond donors (Lipinski definition) is 1. The molecule has 5 nitrogen and oxygen atoms in total. The maximum absolute atomic E-state index is 12.5. The Morgan fingerprint density at radius 1 is 1.14 bits per heavy atom. The molecule has 0 radical (unpaired) electrons. The average Bonchev–Trinajstić information content (AvgIpc) is 2.49. The van der Waals surface area contributed by atoms with Crippen LogP contribution in [0.15, 0.2) is 51.8 Å². The number of halogens is 1. The molecule has 0 heterocycles. The molecule has 0 atom stereocenters. The highest BCUT2D eigenvalue weighted by Crippen LogP contribution is 2.30. The molecule has 0 spiro atoms. The molecule has 22 heavy (non-hydrogen) atoms. The van der Waals surface area contributed by atoms with E-state index in [4.69, 9.17) is 9.47 Å². The molecule has 0 saturated carbocycles. The van der Waals surface area contributed by atoms with Crippen LogP contribution in [0.3, 0.4) is 0 Å². The molecular formula is C15H16BrNO4S. The van der Waals surface area contributed by atoms with Gasteiger partial charge in [-0.15, -0.1) is 0 Å². The van der Waals surface area contributed by atoms with Crippen LogP contribution in [0, 0.1) is 0 Å². The zero-order chi connectivity index (χ0) is 16.2. The molecule has 0 fully saturated rings. The number of nitrogens with one attached hydrogen (secondary N) is 1.